The van der Waals surface area contributed by atoms with Crippen molar-refractivity contribution in [3.05, 3.63) is 78.1 Å². The quantitative estimate of drug-likeness (QED) is 0.797. The second kappa shape index (κ2) is 7.03. The maximum Gasteiger partial charge on any atom is 0.321 e. The van der Waals surface area contributed by atoms with E-state index in [0.29, 0.717) is 22.6 Å². The Morgan fingerprint density at radius 2 is 1.79 bits per heavy atom. The predicted octanol–water partition coefficient (Wildman–Crippen LogP) is 3.39. The number of ether oxygens (including phenoxy) is 1. The normalized spacial score (nSPS) is 9.79. The molecule has 3 aromatic rings. The molecule has 24 heavy (non-hydrogen) atoms. The molecule has 1 aromatic heterocycles. The topological polar surface area (TPSA) is 87.9 Å². The fraction of sp³-hybridized carbons (Fsp3) is 0. The van der Waals surface area contributed by atoms with Gasteiger partial charge in [0, 0.05) is 29.7 Å². The maximum atomic E-state index is 12.2. The number of hydrogen-bond acceptors (Lipinski definition) is 5. The average Bonchev–Trinajstić information content (AvgIpc) is 2.63. The van der Waals surface area contributed by atoms with Crippen LogP contribution >= 0.6 is 0 Å². The van der Waals surface area contributed by atoms with Crippen LogP contribution in [0.4, 0.5) is 5.69 Å². The lowest BCUT2D eigenvalue weighted by Gasteiger charge is -2.08. The fourth-order valence-electron chi connectivity index (χ4n) is 1.98. The van der Waals surface area contributed by atoms with Gasteiger partial charge in [-0.05, 0) is 42.5 Å². The first kappa shape index (κ1) is 15.2. The molecule has 116 valence electrons. The maximum absolute atomic E-state index is 12.2. The number of rotatable bonds is 4. The fourth-order valence-corrected chi connectivity index (χ4v) is 1.98. The zero-order chi connectivity index (χ0) is 16.8. The highest BCUT2D eigenvalue weighted by Gasteiger charge is 2.07. The molecule has 0 fully saturated rings. The summed E-state index contributed by atoms with van der Waals surface area (Å²) >= 11 is 0. The van der Waals surface area contributed by atoms with Crippen LogP contribution in [0.25, 0.3) is 0 Å². The molecular formula is C18H12N4O2. The summed E-state index contributed by atoms with van der Waals surface area (Å²) in [5.74, 6) is 0.242. The van der Waals surface area contributed by atoms with Crippen LogP contribution in [-0.4, -0.2) is 15.9 Å². The molecule has 0 aliphatic rings. The number of nitrogens with one attached hydrogen (secondary N) is 1. The zero-order valence-corrected chi connectivity index (χ0v) is 12.5. The van der Waals surface area contributed by atoms with E-state index in [-0.39, 0.29) is 11.9 Å². The second-order valence-electron chi connectivity index (χ2n) is 4.80. The van der Waals surface area contributed by atoms with Gasteiger partial charge in [-0.3, -0.25) is 4.79 Å². The first-order valence-electron chi connectivity index (χ1n) is 7.11. The lowest BCUT2D eigenvalue weighted by atomic mass is 10.1. The number of amides is 1. The molecule has 0 radical (unpaired) electrons. The van der Waals surface area contributed by atoms with Crippen molar-refractivity contribution >= 4 is 11.6 Å². The van der Waals surface area contributed by atoms with Gasteiger partial charge in [-0.15, -0.1) is 0 Å². The first-order valence-corrected chi connectivity index (χ1v) is 7.11. The zero-order valence-electron chi connectivity index (χ0n) is 12.5. The highest BCUT2D eigenvalue weighted by atomic mass is 16.5. The van der Waals surface area contributed by atoms with Gasteiger partial charge in [-0.25, -0.2) is 9.97 Å². The van der Waals surface area contributed by atoms with Crippen molar-refractivity contribution in [2.45, 2.75) is 0 Å². The first-order chi connectivity index (χ1) is 11.7. The molecule has 1 N–H and O–H groups in total. The van der Waals surface area contributed by atoms with Gasteiger partial charge in [0.05, 0.1) is 11.6 Å². The molecule has 0 saturated heterocycles. The molecule has 0 atom stereocenters. The van der Waals surface area contributed by atoms with E-state index in [9.17, 15) is 4.79 Å². The summed E-state index contributed by atoms with van der Waals surface area (Å²) in [5, 5.41) is 11.6. The number of aromatic nitrogens is 2. The Hall–Kier alpha value is -3.72. The van der Waals surface area contributed by atoms with Crippen molar-refractivity contribution in [2.75, 3.05) is 5.32 Å². The summed E-state index contributed by atoms with van der Waals surface area (Å²) in [6.45, 7) is 0. The smallest absolute Gasteiger partial charge is 0.321 e. The van der Waals surface area contributed by atoms with Gasteiger partial charge < -0.3 is 10.1 Å². The molecule has 3 rings (SSSR count). The summed E-state index contributed by atoms with van der Waals surface area (Å²) in [6.07, 6.45) is 3.16. The van der Waals surface area contributed by atoms with E-state index in [1.165, 1.54) is 0 Å². The molecule has 0 saturated carbocycles. The largest absolute Gasteiger partial charge is 0.424 e. The van der Waals surface area contributed by atoms with Crippen LogP contribution in [0.3, 0.4) is 0 Å². The monoisotopic (exact) mass is 316 g/mol. The lowest BCUT2D eigenvalue weighted by Crippen LogP contribution is -2.11. The summed E-state index contributed by atoms with van der Waals surface area (Å²) < 4.78 is 5.53. The minimum absolute atomic E-state index is 0.230. The van der Waals surface area contributed by atoms with Crippen LogP contribution in [0.1, 0.15) is 15.9 Å². The third-order valence-electron chi connectivity index (χ3n) is 3.12. The van der Waals surface area contributed by atoms with Crippen molar-refractivity contribution in [1.82, 2.24) is 9.97 Å². The molecule has 0 spiro atoms. The molecule has 1 heterocycles. The number of nitrogens with zero attached hydrogens (tertiary/aromatic N) is 3. The Morgan fingerprint density at radius 1 is 1.04 bits per heavy atom. The van der Waals surface area contributed by atoms with Crippen molar-refractivity contribution in [2.24, 2.45) is 0 Å². The van der Waals surface area contributed by atoms with Gasteiger partial charge in [0.1, 0.15) is 5.75 Å². The molecule has 0 aliphatic carbocycles. The van der Waals surface area contributed by atoms with Crippen molar-refractivity contribution < 1.29 is 9.53 Å². The van der Waals surface area contributed by atoms with E-state index in [2.05, 4.69) is 15.3 Å². The van der Waals surface area contributed by atoms with E-state index in [1.54, 1.807) is 67.0 Å². The van der Waals surface area contributed by atoms with Gasteiger partial charge in [-0.1, -0.05) is 6.07 Å². The predicted molar refractivity (Wildman–Crippen MR) is 87.7 cm³/mol. The number of anilines is 1. The van der Waals surface area contributed by atoms with Crippen LogP contribution in [-0.2, 0) is 0 Å². The van der Waals surface area contributed by atoms with Crippen LogP contribution in [0.15, 0.2) is 67.0 Å². The van der Waals surface area contributed by atoms with Crippen LogP contribution in [0.2, 0.25) is 0 Å². The lowest BCUT2D eigenvalue weighted by molar-refractivity contribution is 0.102. The molecule has 0 unspecified atom stereocenters. The Kier molecular flexibility index (Phi) is 4.45. The summed E-state index contributed by atoms with van der Waals surface area (Å²) in [5.41, 5.74) is 1.55. The highest BCUT2D eigenvalue weighted by molar-refractivity contribution is 6.04. The number of benzene rings is 2. The third-order valence-corrected chi connectivity index (χ3v) is 3.12. The number of hydrogen-bond donors (Lipinski definition) is 1. The van der Waals surface area contributed by atoms with E-state index in [1.807, 2.05) is 6.07 Å². The summed E-state index contributed by atoms with van der Waals surface area (Å²) in [6, 6.07) is 17.3. The van der Waals surface area contributed by atoms with E-state index in [0.717, 1.165) is 0 Å². The van der Waals surface area contributed by atoms with Gasteiger partial charge in [0.15, 0.2) is 0 Å². The minimum Gasteiger partial charge on any atom is -0.424 e. The molecule has 1 amide bonds. The van der Waals surface area contributed by atoms with Gasteiger partial charge in [0.25, 0.3) is 5.91 Å². The Balaban J connectivity index is 1.72. The van der Waals surface area contributed by atoms with Crippen LogP contribution < -0.4 is 10.1 Å². The van der Waals surface area contributed by atoms with Gasteiger partial charge in [0.2, 0.25) is 0 Å². The van der Waals surface area contributed by atoms with Crippen molar-refractivity contribution in [3.8, 4) is 17.8 Å². The van der Waals surface area contributed by atoms with Crippen LogP contribution in [0.5, 0.6) is 11.8 Å². The van der Waals surface area contributed by atoms with E-state index in [4.69, 9.17) is 10.00 Å². The Labute approximate surface area is 138 Å². The number of carbonyl (C=O) groups is 1. The van der Waals surface area contributed by atoms with E-state index < -0.39 is 0 Å². The molecule has 2 aromatic carbocycles. The average molecular weight is 316 g/mol. The second-order valence-corrected chi connectivity index (χ2v) is 4.80. The van der Waals surface area contributed by atoms with Gasteiger partial charge >= 0.3 is 6.01 Å². The molecule has 6 nitrogen and oxygen atoms in total. The van der Waals surface area contributed by atoms with E-state index >= 15 is 0 Å². The Morgan fingerprint density at radius 3 is 2.50 bits per heavy atom. The molecule has 6 heteroatoms. The molecule has 0 bridgehead atoms. The van der Waals surface area contributed by atoms with Crippen molar-refractivity contribution in [1.29, 1.82) is 5.26 Å². The molecular weight excluding hydrogens is 304 g/mol. The van der Waals surface area contributed by atoms with Gasteiger partial charge in [-0.2, -0.15) is 5.26 Å². The van der Waals surface area contributed by atoms with Crippen LogP contribution in [0, 0.1) is 11.3 Å². The third kappa shape index (κ3) is 3.72. The Bertz CT molecular complexity index is 887. The molecule has 0 aliphatic heterocycles. The summed E-state index contributed by atoms with van der Waals surface area (Å²) in [4.78, 5) is 20.2. The summed E-state index contributed by atoms with van der Waals surface area (Å²) in [7, 11) is 0. The standard InChI is InChI=1S/C18H12N4O2/c19-12-13-5-7-14(8-6-13)17(23)22-15-3-1-4-16(11-15)24-18-20-9-2-10-21-18/h1-11H,(H,22,23). The SMILES string of the molecule is N#Cc1ccc(C(=O)Nc2cccc(Oc3ncccn3)c2)cc1. The number of carbonyl (C=O) groups excluding carboxylic acids is 1. The number of nitriles is 1. The highest BCUT2D eigenvalue weighted by Crippen LogP contribution is 2.21. The minimum atomic E-state index is -0.271. The van der Waals surface area contributed by atoms with Crippen molar-refractivity contribution in [3.63, 3.8) is 0 Å².